The van der Waals surface area contributed by atoms with Gasteiger partial charge in [-0.25, -0.2) is 9.38 Å². The maximum Gasteiger partial charge on any atom is 0.288 e. The van der Waals surface area contributed by atoms with Gasteiger partial charge in [0.15, 0.2) is 0 Å². The molecule has 5 heteroatoms. The van der Waals surface area contributed by atoms with Gasteiger partial charge in [-0.1, -0.05) is 36.4 Å². The Kier molecular flexibility index (Phi) is 4.32. The largest absolute Gasteiger partial charge is 0.463 e. The summed E-state index contributed by atoms with van der Waals surface area (Å²) in [6.45, 7) is 3.61. The second kappa shape index (κ2) is 6.97. The summed E-state index contributed by atoms with van der Waals surface area (Å²) < 4.78 is 19.6. The van der Waals surface area contributed by atoms with Crippen molar-refractivity contribution in [1.82, 2.24) is 10.2 Å². The van der Waals surface area contributed by atoms with Gasteiger partial charge in [-0.15, -0.1) is 0 Å². The SMILES string of the molecule is Fc1ccc([C@H]2c3ccccc3CCN2C2=N[C@H]([C@@H]3CCNC3)CO2)cc1. The summed E-state index contributed by atoms with van der Waals surface area (Å²) in [5.74, 6) is 0.349. The quantitative estimate of drug-likeness (QED) is 0.888. The molecule has 3 atom stereocenters. The number of aliphatic imine (C=N–C) groups is 1. The summed E-state index contributed by atoms with van der Waals surface area (Å²) in [7, 11) is 0. The molecule has 2 aromatic rings. The molecule has 0 bridgehead atoms. The fourth-order valence-electron chi connectivity index (χ4n) is 4.56. The third kappa shape index (κ3) is 3.10. The lowest BCUT2D eigenvalue weighted by Gasteiger charge is -2.38. The molecule has 5 rings (SSSR count). The van der Waals surface area contributed by atoms with Crippen molar-refractivity contribution in [3.8, 4) is 0 Å². The molecule has 3 aliphatic rings. The van der Waals surface area contributed by atoms with Crippen LogP contribution in [0.5, 0.6) is 0 Å². The first-order valence-corrected chi connectivity index (χ1v) is 9.81. The number of rotatable bonds is 2. The van der Waals surface area contributed by atoms with E-state index in [0.717, 1.165) is 44.1 Å². The van der Waals surface area contributed by atoms with E-state index in [1.54, 1.807) is 0 Å². The lowest BCUT2D eigenvalue weighted by Crippen LogP contribution is -2.40. The lowest BCUT2D eigenvalue weighted by atomic mass is 9.88. The first kappa shape index (κ1) is 16.8. The Morgan fingerprint density at radius 1 is 1.11 bits per heavy atom. The third-order valence-electron chi connectivity index (χ3n) is 6.02. The highest BCUT2D eigenvalue weighted by Gasteiger charge is 2.37. The minimum atomic E-state index is -0.211. The van der Waals surface area contributed by atoms with Crippen LogP contribution >= 0.6 is 0 Å². The monoisotopic (exact) mass is 365 g/mol. The summed E-state index contributed by atoms with van der Waals surface area (Å²) in [4.78, 5) is 7.23. The average molecular weight is 365 g/mol. The molecule has 0 saturated carbocycles. The van der Waals surface area contributed by atoms with Crippen molar-refractivity contribution in [2.24, 2.45) is 10.9 Å². The average Bonchev–Trinajstić information content (AvgIpc) is 3.39. The maximum absolute atomic E-state index is 13.5. The van der Waals surface area contributed by atoms with E-state index in [9.17, 15) is 4.39 Å². The van der Waals surface area contributed by atoms with Crippen LogP contribution in [0.25, 0.3) is 0 Å². The molecule has 0 spiro atoms. The van der Waals surface area contributed by atoms with Crippen LogP contribution in [0, 0.1) is 11.7 Å². The zero-order chi connectivity index (χ0) is 18.2. The van der Waals surface area contributed by atoms with E-state index in [4.69, 9.17) is 9.73 Å². The third-order valence-corrected chi connectivity index (χ3v) is 6.02. The van der Waals surface area contributed by atoms with E-state index in [-0.39, 0.29) is 17.9 Å². The molecular formula is C22H24FN3O. The van der Waals surface area contributed by atoms with E-state index in [1.807, 2.05) is 12.1 Å². The number of hydrogen-bond donors (Lipinski definition) is 1. The number of hydrogen-bond acceptors (Lipinski definition) is 4. The van der Waals surface area contributed by atoms with Crippen molar-refractivity contribution in [3.63, 3.8) is 0 Å². The van der Waals surface area contributed by atoms with Crippen molar-refractivity contribution < 1.29 is 9.13 Å². The molecule has 4 nitrogen and oxygen atoms in total. The van der Waals surface area contributed by atoms with E-state index in [1.165, 1.54) is 23.3 Å². The minimum absolute atomic E-state index is 0.00903. The van der Waals surface area contributed by atoms with Crippen molar-refractivity contribution in [2.75, 3.05) is 26.2 Å². The van der Waals surface area contributed by atoms with Crippen LogP contribution in [-0.2, 0) is 11.2 Å². The Balaban J connectivity index is 1.51. The van der Waals surface area contributed by atoms with Crippen LogP contribution < -0.4 is 5.32 Å². The summed E-state index contributed by atoms with van der Waals surface area (Å²) in [6.07, 6.45) is 2.13. The highest BCUT2D eigenvalue weighted by Crippen LogP contribution is 2.36. The fourth-order valence-corrected chi connectivity index (χ4v) is 4.56. The molecule has 0 amide bonds. The van der Waals surface area contributed by atoms with E-state index in [0.29, 0.717) is 12.5 Å². The molecule has 3 heterocycles. The maximum atomic E-state index is 13.5. The van der Waals surface area contributed by atoms with Gasteiger partial charge in [0.2, 0.25) is 0 Å². The molecule has 3 aliphatic heterocycles. The second-order valence-electron chi connectivity index (χ2n) is 7.64. The molecule has 0 aliphatic carbocycles. The highest BCUT2D eigenvalue weighted by molar-refractivity contribution is 5.77. The van der Waals surface area contributed by atoms with E-state index in [2.05, 4.69) is 34.5 Å². The summed E-state index contributed by atoms with van der Waals surface area (Å²) in [5, 5.41) is 3.42. The van der Waals surface area contributed by atoms with Crippen LogP contribution in [-0.4, -0.2) is 43.2 Å². The van der Waals surface area contributed by atoms with Gasteiger partial charge < -0.3 is 15.0 Å². The summed E-state index contributed by atoms with van der Waals surface area (Å²) in [6, 6.07) is 16.3. The standard InChI is InChI=1S/C22H24FN3O/c23-18-7-5-16(6-8-18)21-19-4-2-1-3-15(19)10-12-26(21)22-25-20(14-27-22)17-9-11-24-13-17/h1-8,17,20-21,24H,9-14H2/t17-,20+,21+/m1/s1. The number of halogens is 1. The molecular weight excluding hydrogens is 341 g/mol. The number of fused-ring (bicyclic) bond motifs is 1. The van der Waals surface area contributed by atoms with Gasteiger partial charge in [0.25, 0.3) is 6.02 Å². The van der Waals surface area contributed by atoms with Crippen molar-refractivity contribution in [2.45, 2.75) is 24.9 Å². The summed E-state index contributed by atoms with van der Waals surface area (Å²) >= 11 is 0. The predicted octanol–water partition coefficient (Wildman–Crippen LogP) is 3.14. The Labute approximate surface area is 159 Å². The molecule has 1 fully saturated rings. The Bertz CT molecular complexity index is 845. The highest BCUT2D eigenvalue weighted by atomic mass is 19.1. The summed E-state index contributed by atoms with van der Waals surface area (Å²) in [5.41, 5.74) is 3.67. The number of ether oxygens (including phenoxy) is 1. The van der Waals surface area contributed by atoms with Crippen molar-refractivity contribution in [3.05, 3.63) is 71.0 Å². The number of nitrogens with one attached hydrogen (secondary N) is 1. The van der Waals surface area contributed by atoms with Crippen LogP contribution in [0.2, 0.25) is 0 Å². The van der Waals surface area contributed by atoms with Gasteiger partial charge in [-0.2, -0.15) is 0 Å². The number of nitrogens with zero attached hydrogens (tertiary/aromatic N) is 2. The minimum Gasteiger partial charge on any atom is -0.463 e. The normalized spacial score (nSPS) is 27.2. The Morgan fingerprint density at radius 3 is 2.78 bits per heavy atom. The van der Waals surface area contributed by atoms with Crippen molar-refractivity contribution >= 4 is 6.02 Å². The molecule has 1 saturated heterocycles. The van der Waals surface area contributed by atoms with Crippen LogP contribution in [0.4, 0.5) is 4.39 Å². The molecule has 140 valence electrons. The Hall–Kier alpha value is -2.40. The van der Waals surface area contributed by atoms with Gasteiger partial charge in [-0.3, -0.25) is 0 Å². The van der Waals surface area contributed by atoms with Crippen molar-refractivity contribution in [1.29, 1.82) is 0 Å². The zero-order valence-corrected chi connectivity index (χ0v) is 15.3. The molecule has 1 N–H and O–H groups in total. The van der Waals surface area contributed by atoms with Gasteiger partial charge in [0, 0.05) is 13.1 Å². The van der Waals surface area contributed by atoms with E-state index >= 15 is 0 Å². The smallest absolute Gasteiger partial charge is 0.288 e. The molecule has 0 unspecified atom stereocenters. The fraction of sp³-hybridized carbons (Fsp3) is 0.409. The number of amidine groups is 1. The van der Waals surface area contributed by atoms with Gasteiger partial charge in [-0.05, 0) is 54.1 Å². The first-order chi connectivity index (χ1) is 13.3. The zero-order valence-electron chi connectivity index (χ0n) is 15.3. The lowest BCUT2D eigenvalue weighted by molar-refractivity contribution is 0.215. The van der Waals surface area contributed by atoms with Crippen LogP contribution in [0.15, 0.2) is 53.5 Å². The predicted molar refractivity (Wildman–Crippen MR) is 103 cm³/mol. The van der Waals surface area contributed by atoms with Crippen LogP contribution in [0.1, 0.15) is 29.2 Å². The van der Waals surface area contributed by atoms with Gasteiger partial charge in [0.1, 0.15) is 12.4 Å². The topological polar surface area (TPSA) is 36.9 Å². The molecule has 0 aromatic heterocycles. The molecule has 27 heavy (non-hydrogen) atoms. The molecule has 2 aromatic carbocycles. The first-order valence-electron chi connectivity index (χ1n) is 9.81. The van der Waals surface area contributed by atoms with Crippen LogP contribution in [0.3, 0.4) is 0 Å². The van der Waals surface area contributed by atoms with E-state index < -0.39 is 0 Å². The molecule has 0 radical (unpaired) electrons. The van der Waals surface area contributed by atoms with Gasteiger partial charge in [0.05, 0.1) is 12.1 Å². The number of benzene rings is 2. The van der Waals surface area contributed by atoms with Gasteiger partial charge >= 0.3 is 0 Å². The Morgan fingerprint density at radius 2 is 1.96 bits per heavy atom. The second-order valence-corrected chi connectivity index (χ2v) is 7.64.